The monoisotopic (exact) mass is 460 g/mol. The van der Waals surface area contributed by atoms with E-state index in [0.717, 1.165) is 69.4 Å². The number of piperidine rings is 1. The molecule has 4 rings (SSSR count). The Labute approximate surface area is 189 Å². The summed E-state index contributed by atoms with van der Waals surface area (Å²) in [6.45, 7) is 5.55. The van der Waals surface area contributed by atoms with Crippen LogP contribution in [0.3, 0.4) is 0 Å². The smallest absolute Gasteiger partial charge is 0.308 e. The molecule has 0 radical (unpaired) electrons. The lowest BCUT2D eigenvalue weighted by molar-refractivity contribution is -0.147. The summed E-state index contributed by atoms with van der Waals surface area (Å²) >= 11 is 0. The van der Waals surface area contributed by atoms with Crippen LogP contribution in [-0.4, -0.2) is 74.8 Å². The van der Waals surface area contributed by atoms with Gasteiger partial charge in [-0.05, 0) is 70.3 Å². The fourth-order valence-electron chi connectivity index (χ4n) is 4.94. The van der Waals surface area contributed by atoms with Crippen LogP contribution in [0.15, 0.2) is 23.1 Å². The Morgan fingerprint density at radius 1 is 1.06 bits per heavy atom. The lowest BCUT2D eigenvalue weighted by Gasteiger charge is -2.36. The van der Waals surface area contributed by atoms with E-state index in [9.17, 15) is 13.2 Å². The lowest BCUT2D eigenvalue weighted by Crippen LogP contribution is -2.43. The van der Waals surface area contributed by atoms with Gasteiger partial charge in [-0.1, -0.05) is 0 Å². The van der Waals surface area contributed by atoms with Crippen LogP contribution in [0.5, 0.6) is 0 Å². The van der Waals surface area contributed by atoms with Gasteiger partial charge in [0.15, 0.2) is 9.84 Å². The molecule has 1 atom stereocenters. The summed E-state index contributed by atoms with van der Waals surface area (Å²) in [7, 11) is -1.82. The summed E-state index contributed by atoms with van der Waals surface area (Å²) in [6.07, 6.45) is 6.12. The van der Waals surface area contributed by atoms with Crippen molar-refractivity contribution < 1.29 is 17.9 Å². The number of nitrogens with zero attached hydrogens (tertiary/aromatic N) is 4. The van der Waals surface area contributed by atoms with E-state index in [-0.39, 0.29) is 16.8 Å². The Hall–Kier alpha value is -2.26. The zero-order chi connectivity index (χ0) is 22.9. The van der Waals surface area contributed by atoms with Gasteiger partial charge in [0.1, 0.15) is 0 Å². The maximum atomic E-state index is 12.0. The lowest BCUT2D eigenvalue weighted by atomic mass is 9.94. The minimum Gasteiger partial charge on any atom is -0.469 e. The number of carbonyl (C=O) groups is 1. The second-order valence-corrected chi connectivity index (χ2v) is 11.0. The Bertz CT molecular complexity index is 1100. The molecule has 0 aliphatic carbocycles. The number of hydrogen-bond acceptors (Lipinski definition) is 8. The highest BCUT2D eigenvalue weighted by atomic mass is 32.2. The molecule has 0 bridgehead atoms. The summed E-state index contributed by atoms with van der Waals surface area (Å²) in [4.78, 5) is 26.3. The normalized spacial score (nSPS) is 21.5. The SMILES string of the molecule is COC(=O)C1CCN([C@@H]2CCCN(c3nc(C)c4ccc(S(C)(=O)=O)cc4n3)CC2)CC1. The van der Waals surface area contributed by atoms with Gasteiger partial charge in [-0.2, -0.15) is 0 Å². The fourth-order valence-corrected chi connectivity index (χ4v) is 5.58. The molecular weight excluding hydrogens is 428 g/mol. The van der Waals surface area contributed by atoms with E-state index in [4.69, 9.17) is 14.7 Å². The van der Waals surface area contributed by atoms with Gasteiger partial charge in [0.2, 0.25) is 5.95 Å². The number of anilines is 1. The van der Waals surface area contributed by atoms with E-state index in [1.54, 1.807) is 18.2 Å². The van der Waals surface area contributed by atoms with E-state index in [1.807, 2.05) is 6.92 Å². The number of aromatic nitrogens is 2. The number of methoxy groups -OCH3 is 1. The Morgan fingerprint density at radius 3 is 2.50 bits per heavy atom. The van der Waals surface area contributed by atoms with Crippen LogP contribution in [0.25, 0.3) is 10.9 Å². The summed E-state index contributed by atoms with van der Waals surface area (Å²) < 4.78 is 28.8. The highest BCUT2D eigenvalue weighted by Crippen LogP contribution is 2.27. The van der Waals surface area contributed by atoms with Crippen LogP contribution in [-0.2, 0) is 19.4 Å². The summed E-state index contributed by atoms with van der Waals surface area (Å²) in [5, 5.41) is 0.877. The summed E-state index contributed by atoms with van der Waals surface area (Å²) in [5.74, 6) is 0.620. The van der Waals surface area contributed by atoms with Gasteiger partial charge in [0.05, 0.1) is 29.1 Å². The zero-order valence-electron chi connectivity index (χ0n) is 19.1. The minimum absolute atomic E-state index is 0.0318. The molecule has 0 N–H and O–H groups in total. The molecule has 1 aromatic carbocycles. The average Bonchev–Trinajstić information content (AvgIpc) is 3.04. The van der Waals surface area contributed by atoms with E-state index in [2.05, 4.69) is 9.80 Å². The van der Waals surface area contributed by atoms with E-state index in [1.165, 1.54) is 13.4 Å². The number of sulfone groups is 1. The van der Waals surface area contributed by atoms with Crippen LogP contribution >= 0.6 is 0 Å². The van der Waals surface area contributed by atoms with Crippen LogP contribution in [0, 0.1) is 12.8 Å². The van der Waals surface area contributed by atoms with Crippen molar-refractivity contribution in [3.8, 4) is 0 Å². The maximum Gasteiger partial charge on any atom is 0.308 e. The third kappa shape index (κ3) is 4.88. The molecule has 2 aliphatic rings. The first kappa shape index (κ1) is 22.9. The number of fused-ring (bicyclic) bond motifs is 1. The van der Waals surface area contributed by atoms with Crippen molar-refractivity contribution in [2.24, 2.45) is 5.92 Å². The van der Waals surface area contributed by atoms with Gasteiger partial charge < -0.3 is 14.5 Å². The molecule has 0 amide bonds. The molecule has 2 aliphatic heterocycles. The van der Waals surface area contributed by atoms with Gasteiger partial charge in [0, 0.05) is 30.8 Å². The molecule has 0 unspecified atom stereocenters. The van der Waals surface area contributed by atoms with E-state index < -0.39 is 9.84 Å². The number of aryl methyl sites for hydroxylation is 1. The Balaban J connectivity index is 1.47. The first-order chi connectivity index (χ1) is 15.3. The Kier molecular flexibility index (Phi) is 6.67. The van der Waals surface area contributed by atoms with Crippen LogP contribution in [0.4, 0.5) is 5.95 Å². The molecule has 2 saturated heterocycles. The van der Waals surface area contributed by atoms with Crippen molar-refractivity contribution in [1.82, 2.24) is 14.9 Å². The average molecular weight is 461 g/mol. The first-order valence-corrected chi connectivity index (χ1v) is 13.2. The standard InChI is InChI=1S/C23H32N4O4S/c1-16-20-7-6-19(32(3,29)30)15-21(20)25-23(24-16)27-11-4-5-18(10-14-27)26-12-8-17(9-13-26)22(28)31-2/h6-7,15,17-18H,4-5,8-14H2,1-3H3/t18-/m1/s1. The molecule has 8 nitrogen and oxygen atoms in total. The molecule has 0 spiro atoms. The molecule has 0 saturated carbocycles. The minimum atomic E-state index is -3.29. The fraction of sp³-hybridized carbons (Fsp3) is 0.609. The van der Waals surface area contributed by atoms with E-state index >= 15 is 0 Å². The topological polar surface area (TPSA) is 92.7 Å². The van der Waals surface area contributed by atoms with Gasteiger partial charge in [0.25, 0.3) is 0 Å². The van der Waals surface area contributed by atoms with Gasteiger partial charge in [-0.3, -0.25) is 4.79 Å². The largest absolute Gasteiger partial charge is 0.469 e. The number of esters is 1. The second kappa shape index (κ2) is 9.31. The third-order valence-electron chi connectivity index (χ3n) is 6.84. The highest BCUT2D eigenvalue weighted by Gasteiger charge is 2.30. The van der Waals surface area contributed by atoms with E-state index in [0.29, 0.717) is 17.5 Å². The number of likely N-dealkylation sites (tertiary alicyclic amines) is 1. The Morgan fingerprint density at radius 2 is 1.81 bits per heavy atom. The predicted molar refractivity (Wildman–Crippen MR) is 124 cm³/mol. The van der Waals surface area contributed by atoms with Gasteiger partial charge in [-0.15, -0.1) is 0 Å². The van der Waals surface area contributed by atoms with Crippen molar-refractivity contribution in [3.05, 3.63) is 23.9 Å². The molecule has 2 aromatic rings. The molecule has 32 heavy (non-hydrogen) atoms. The van der Waals surface area contributed by atoms with Crippen molar-refractivity contribution in [3.63, 3.8) is 0 Å². The second-order valence-electron chi connectivity index (χ2n) is 8.97. The molecule has 9 heteroatoms. The zero-order valence-corrected chi connectivity index (χ0v) is 19.9. The number of rotatable bonds is 4. The van der Waals surface area contributed by atoms with Crippen molar-refractivity contribution >= 4 is 32.7 Å². The molecule has 1 aromatic heterocycles. The van der Waals surface area contributed by atoms with Crippen molar-refractivity contribution in [2.75, 3.05) is 44.4 Å². The number of ether oxygens (including phenoxy) is 1. The van der Waals surface area contributed by atoms with Gasteiger partial charge in [-0.25, -0.2) is 18.4 Å². The third-order valence-corrected chi connectivity index (χ3v) is 7.95. The molecule has 174 valence electrons. The number of carbonyl (C=O) groups excluding carboxylic acids is 1. The van der Waals surface area contributed by atoms with Gasteiger partial charge >= 0.3 is 5.97 Å². The molecule has 3 heterocycles. The number of benzene rings is 1. The first-order valence-electron chi connectivity index (χ1n) is 11.3. The maximum absolute atomic E-state index is 12.0. The quantitative estimate of drug-likeness (QED) is 0.643. The molecule has 2 fully saturated rings. The van der Waals surface area contributed by atoms with Crippen molar-refractivity contribution in [1.29, 1.82) is 0 Å². The van der Waals surface area contributed by atoms with Crippen LogP contribution in [0.1, 0.15) is 37.8 Å². The number of hydrogen-bond donors (Lipinski definition) is 0. The predicted octanol–water partition coefficient (Wildman–Crippen LogP) is 2.59. The summed E-state index contributed by atoms with van der Waals surface area (Å²) in [6, 6.07) is 5.56. The van der Waals surface area contributed by atoms with Crippen LogP contribution < -0.4 is 4.90 Å². The van der Waals surface area contributed by atoms with Crippen molar-refractivity contribution in [2.45, 2.75) is 50.0 Å². The summed E-state index contributed by atoms with van der Waals surface area (Å²) in [5.41, 5.74) is 1.52. The molecular formula is C23H32N4O4S. The highest BCUT2D eigenvalue weighted by molar-refractivity contribution is 7.90. The van der Waals surface area contributed by atoms with Crippen LogP contribution in [0.2, 0.25) is 0 Å².